The standard InChI is InChI=1S/C5H6N2.C2H6.H3N/c1-5-4-6-2-3-7-5;1-2;/h2-4H,1H3;1-2H3;1H3. The molecular formula is C7H15N3. The van der Waals surface area contributed by atoms with Gasteiger partial charge in [0.15, 0.2) is 0 Å². The molecular weight excluding hydrogens is 126 g/mol. The first-order chi connectivity index (χ1) is 4.39. The van der Waals surface area contributed by atoms with Crippen molar-refractivity contribution in [1.29, 1.82) is 0 Å². The summed E-state index contributed by atoms with van der Waals surface area (Å²) >= 11 is 0. The second-order valence-corrected chi connectivity index (χ2v) is 1.35. The summed E-state index contributed by atoms with van der Waals surface area (Å²) in [6, 6.07) is 0. The molecule has 0 aliphatic rings. The maximum atomic E-state index is 3.92. The minimum atomic E-state index is 0. The van der Waals surface area contributed by atoms with Gasteiger partial charge in [0.1, 0.15) is 0 Å². The fraction of sp³-hybridized carbons (Fsp3) is 0.429. The van der Waals surface area contributed by atoms with Crippen LogP contribution in [0.4, 0.5) is 0 Å². The number of hydrogen-bond acceptors (Lipinski definition) is 3. The lowest BCUT2D eigenvalue weighted by Crippen LogP contribution is -1.77. The van der Waals surface area contributed by atoms with E-state index in [4.69, 9.17) is 0 Å². The third kappa shape index (κ3) is 5.18. The highest BCUT2D eigenvalue weighted by Crippen LogP contribution is 1.81. The van der Waals surface area contributed by atoms with Gasteiger partial charge in [0.2, 0.25) is 0 Å². The van der Waals surface area contributed by atoms with Crippen molar-refractivity contribution in [1.82, 2.24) is 16.1 Å². The first-order valence-corrected chi connectivity index (χ1v) is 3.12. The Morgan fingerprint density at radius 1 is 1.20 bits per heavy atom. The predicted octanol–water partition coefficient (Wildman–Crippen LogP) is 1.97. The van der Waals surface area contributed by atoms with E-state index in [1.807, 2.05) is 20.8 Å². The van der Waals surface area contributed by atoms with Gasteiger partial charge in [0.25, 0.3) is 0 Å². The van der Waals surface area contributed by atoms with Crippen LogP contribution in [0.1, 0.15) is 19.5 Å². The zero-order chi connectivity index (χ0) is 7.11. The van der Waals surface area contributed by atoms with Crippen LogP contribution in [0.15, 0.2) is 18.6 Å². The van der Waals surface area contributed by atoms with E-state index < -0.39 is 0 Å². The Kier molecular flexibility index (Phi) is 9.48. The summed E-state index contributed by atoms with van der Waals surface area (Å²) in [7, 11) is 0. The molecule has 0 amide bonds. The van der Waals surface area contributed by atoms with E-state index in [-0.39, 0.29) is 6.15 Å². The SMILES string of the molecule is CC.Cc1cnccn1.N. The average molecular weight is 141 g/mol. The van der Waals surface area contributed by atoms with Crippen molar-refractivity contribution in [2.45, 2.75) is 20.8 Å². The summed E-state index contributed by atoms with van der Waals surface area (Å²) in [6.45, 7) is 5.91. The van der Waals surface area contributed by atoms with E-state index in [1.54, 1.807) is 18.6 Å². The molecule has 1 heterocycles. The van der Waals surface area contributed by atoms with Crippen molar-refractivity contribution < 1.29 is 0 Å². The largest absolute Gasteiger partial charge is 0.344 e. The monoisotopic (exact) mass is 141 g/mol. The minimum absolute atomic E-state index is 0. The average Bonchev–Trinajstić information content (AvgIpc) is 1.94. The van der Waals surface area contributed by atoms with Gasteiger partial charge in [0, 0.05) is 18.6 Å². The van der Waals surface area contributed by atoms with Gasteiger partial charge in [-0.15, -0.1) is 0 Å². The molecule has 0 bridgehead atoms. The van der Waals surface area contributed by atoms with Crippen molar-refractivity contribution >= 4 is 0 Å². The lowest BCUT2D eigenvalue weighted by Gasteiger charge is -1.81. The molecule has 0 aromatic carbocycles. The highest BCUT2D eigenvalue weighted by atomic mass is 14.7. The molecule has 1 aromatic heterocycles. The molecule has 3 heteroatoms. The lowest BCUT2D eigenvalue weighted by atomic mass is 10.5. The normalized spacial score (nSPS) is 6.70. The zero-order valence-electron chi connectivity index (χ0n) is 6.83. The molecule has 0 spiro atoms. The van der Waals surface area contributed by atoms with Gasteiger partial charge in [-0.05, 0) is 6.92 Å². The minimum Gasteiger partial charge on any atom is -0.344 e. The van der Waals surface area contributed by atoms with Crippen molar-refractivity contribution in [3.63, 3.8) is 0 Å². The third-order valence-electron chi connectivity index (χ3n) is 0.692. The molecule has 0 saturated heterocycles. The fourth-order valence-corrected chi connectivity index (χ4v) is 0.374. The second kappa shape index (κ2) is 8.04. The summed E-state index contributed by atoms with van der Waals surface area (Å²) in [5.74, 6) is 0. The summed E-state index contributed by atoms with van der Waals surface area (Å²) in [5, 5.41) is 0. The molecule has 10 heavy (non-hydrogen) atoms. The predicted molar refractivity (Wildman–Crippen MR) is 43.1 cm³/mol. The first-order valence-electron chi connectivity index (χ1n) is 3.12. The van der Waals surface area contributed by atoms with Crippen molar-refractivity contribution in [2.24, 2.45) is 0 Å². The van der Waals surface area contributed by atoms with Crippen molar-refractivity contribution in [2.75, 3.05) is 0 Å². The van der Waals surface area contributed by atoms with E-state index >= 15 is 0 Å². The van der Waals surface area contributed by atoms with E-state index in [1.165, 1.54) is 0 Å². The Bertz CT molecular complexity index is 139. The Balaban J connectivity index is 0. The maximum Gasteiger partial charge on any atom is 0.0555 e. The van der Waals surface area contributed by atoms with E-state index in [0.29, 0.717) is 0 Å². The van der Waals surface area contributed by atoms with Crippen LogP contribution in [0.3, 0.4) is 0 Å². The molecule has 0 aliphatic heterocycles. The third-order valence-corrected chi connectivity index (χ3v) is 0.692. The first kappa shape index (κ1) is 11.8. The molecule has 58 valence electrons. The van der Waals surface area contributed by atoms with Crippen molar-refractivity contribution in [3.8, 4) is 0 Å². The maximum absolute atomic E-state index is 3.92. The van der Waals surface area contributed by atoms with Gasteiger partial charge in [0.05, 0.1) is 5.69 Å². The Morgan fingerprint density at radius 2 is 1.80 bits per heavy atom. The molecule has 0 saturated carbocycles. The zero-order valence-corrected chi connectivity index (χ0v) is 6.83. The number of hydrogen-bond donors (Lipinski definition) is 1. The van der Waals surface area contributed by atoms with Crippen LogP contribution in [0.25, 0.3) is 0 Å². The number of nitrogens with zero attached hydrogens (tertiary/aromatic N) is 2. The van der Waals surface area contributed by atoms with Crippen LogP contribution >= 0.6 is 0 Å². The van der Waals surface area contributed by atoms with Gasteiger partial charge < -0.3 is 6.15 Å². The molecule has 0 unspecified atom stereocenters. The topological polar surface area (TPSA) is 60.8 Å². The molecule has 0 radical (unpaired) electrons. The summed E-state index contributed by atoms with van der Waals surface area (Å²) in [6.07, 6.45) is 5.06. The highest BCUT2D eigenvalue weighted by Gasteiger charge is 1.74. The van der Waals surface area contributed by atoms with Gasteiger partial charge in [-0.1, -0.05) is 13.8 Å². The smallest absolute Gasteiger partial charge is 0.0555 e. The molecule has 3 N–H and O–H groups in total. The van der Waals surface area contributed by atoms with Gasteiger partial charge >= 0.3 is 0 Å². The molecule has 0 atom stereocenters. The quantitative estimate of drug-likeness (QED) is 0.600. The van der Waals surface area contributed by atoms with Gasteiger partial charge in [-0.2, -0.15) is 0 Å². The van der Waals surface area contributed by atoms with Crippen LogP contribution in [-0.4, -0.2) is 9.97 Å². The highest BCUT2D eigenvalue weighted by molar-refractivity contribution is 4.88. The van der Waals surface area contributed by atoms with Crippen LogP contribution in [0.2, 0.25) is 0 Å². The van der Waals surface area contributed by atoms with Crippen LogP contribution in [0.5, 0.6) is 0 Å². The summed E-state index contributed by atoms with van der Waals surface area (Å²) < 4.78 is 0. The van der Waals surface area contributed by atoms with E-state index in [0.717, 1.165) is 5.69 Å². The van der Waals surface area contributed by atoms with Crippen molar-refractivity contribution in [3.05, 3.63) is 24.3 Å². The number of aromatic nitrogens is 2. The molecule has 1 rings (SSSR count). The Hall–Kier alpha value is -0.960. The Morgan fingerprint density at radius 3 is 2.00 bits per heavy atom. The molecule has 0 fully saturated rings. The van der Waals surface area contributed by atoms with E-state index in [9.17, 15) is 0 Å². The van der Waals surface area contributed by atoms with E-state index in [2.05, 4.69) is 9.97 Å². The summed E-state index contributed by atoms with van der Waals surface area (Å²) in [4.78, 5) is 7.74. The molecule has 0 aliphatic carbocycles. The second-order valence-electron chi connectivity index (χ2n) is 1.35. The van der Waals surface area contributed by atoms with Crippen LogP contribution in [-0.2, 0) is 0 Å². The lowest BCUT2D eigenvalue weighted by molar-refractivity contribution is 1.12. The number of aryl methyl sites for hydroxylation is 1. The van der Waals surface area contributed by atoms with Crippen LogP contribution < -0.4 is 6.15 Å². The van der Waals surface area contributed by atoms with Gasteiger partial charge in [-0.3, -0.25) is 9.97 Å². The molecule has 1 aromatic rings. The fourth-order valence-electron chi connectivity index (χ4n) is 0.374. The van der Waals surface area contributed by atoms with Crippen LogP contribution in [0, 0.1) is 6.92 Å². The summed E-state index contributed by atoms with van der Waals surface area (Å²) in [5.41, 5.74) is 0.961. The number of rotatable bonds is 0. The Labute approximate surface area is 62.1 Å². The van der Waals surface area contributed by atoms with Gasteiger partial charge in [-0.25, -0.2) is 0 Å². The molecule has 3 nitrogen and oxygen atoms in total.